The van der Waals surface area contributed by atoms with Crippen molar-refractivity contribution in [1.82, 2.24) is 0 Å². The SMILES string of the molecule is CCCCCCCCCCCCCCCCCCCCCCCC(=O)OC[C@H](COP(=O)(O)OC[C@@H](O)COP(=O)(O)OC[C@@H](COC(=O)CCCCCCCCC)OC(=O)CCCCCCCCCCCCCC)OC(=O)CCCCCCCCCCCCCCCCCCCCC(C)CC. The van der Waals surface area contributed by atoms with Crippen molar-refractivity contribution in [2.75, 3.05) is 39.6 Å². The van der Waals surface area contributed by atoms with E-state index in [0.717, 1.165) is 109 Å². The molecule has 606 valence electrons. The molecule has 0 fully saturated rings. The zero-order valence-corrected chi connectivity index (χ0v) is 68.5. The summed E-state index contributed by atoms with van der Waals surface area (Å²) in [5.74, 6) is -1.24. The van der Waals surface area contributed by atoms with Crippen LogP contribution in [0.25, 0.3) is 0 Å². The maximum atomic E-state index is 13.1. The van der Waals surface area contributed by atoms with Crippen LogP contribution in [-0.4, -0.2) is 96.7 Å². The van der Waals surface area contributed by atoms with E-state index >= 15 is 0 Å². The highest BCUT2D eigenvalue weighted by Gasteiger charge is 2.30. The van der Waals surface area contributed by atoms with E-state index in [0.29, 0.717) is 25.7 Å². The Morgan fingerprint density at radius 2 is 0.471 bits per heavy atom. The minimum atomic E-state index is -4.96. The van der Waals surface area contributed by atoms with Gasteiger partial charge in [0.1, 0.15) is 19.3 Å². The Kier molecular flexibility index (Phi) is 74.4. The molecule has 6 atom stereocenters. The van der Waals surface area contributed by atoms with Gasteiger partial charge in [-0.2, -0.15) is 0 Å². The van der Waals surface area contributed by atoms with E-state index in [1.165, 1.54) is 257 Å². The lowest BCUT2D eigenvalue weighted by Crippen LogP contribution is -2.30. The molecule has 0 saturated heterocycles. The summed E-state index contributed by atoms with van der Waals surface area (Å²) in [6.45, 7) is 7.36. The van der Waals surface area contributed by atoms with Gasteiger partial charge < -0.3 is 33.8 Å². The number of rotatable bonds is 83. The predicted molar refractivity (Wildman–Crippen MR) is 418 cm³/mol. The average Bonchev–Trinajstić information content (AvgIpc) is 0.911. The number of hydrogen-bond acceptors (Lipinski definition) is 15. The molecule has 0 saturated carbocycles. The van der Waals surface area contributed by atoms with Gasteiger partial charge in [0.05, 0.1) is 26.4 Å². The lowest BCUT2D eigenvalue weighted by Gasteiger charge is -2.21. The van der Waals surface area contributed by atoms with Crippen molar-refractivity contribution >= 4 is 39.5 Å². The minimum absolute atomic E-state index is 0.107. The summed E-state index contributed by atoms with van der Waals surface area (Å²) in [6, 6.07) is 0. The normalized spacial score (nSPS) is 14.1. The molecule has 0 radical (unpaired) electrons. The van der Waals surface area contributed by atoms with Crippen LogP contribution in [0, 0.1) is 5.92 Å². The number of unbranched alkanes of at least 4 members (excludes halogenated alkanes) is 54. The molecule has 0 aromatic rings. The molecule has 0 aliphatic carbocycles. The highest BCUT2D eigenvalue weighted by atomic mass is 31.2. The van der Waals surface area contributed by atoms with Crippen LogP contribution in [0.1, 0.15) is 446 Å². The summed E-state index contributed by atoms with van der Waals surface area (Å²) >= 11 is 0. The van der Waals surface area contributed by atoms with Gasteiger partial charge in [-0.05, 0) is 31.6 Å². The number of phosphoric ester groups is 2. The minimum Gasteiger partial charge on any atom is -0.462 e. The molecule has 0 heterocycles. The molecular weight excluding hydrogens is 1330 g/mol. The summed E-state index contributed by atoms with van der Waals surface area (Å²) in [7, 11) is -9.91. The van der Waals surface area contributed by atoms with Crippen LogP contribution in [0.15, 0.2) is 0 Å². The number of esters is 4. The second kappa shape index (κ2) is 75.9. The van der Waals surface area contributed by atoms with Crippen LogP contribution >= 0.6 is 15.6 Å². The molecule has 17 nitrogen and oxygen atoms in total. The van der Waals surface area contributed by atoms with Crippen LogP contribution in [0.2, 0.25) is 0 Å². The molecule has 3 unspecified atom stereocenters. The smallest absolute Gasteiger partial charge is 0.462 e. The molecular formula is C83H162O17P2. The maximum Gasteiger partial charge on any atom is 0.472 e. The van der Waals surface area contributed by atoms with Crippen molar-refractivity contribution in [1.29, 1.82) is 0 Å². The first-order valence-corrected chi connectivity index (χ1v) is 46.2. The second-order valence-corrected chi connectivity index (χ2v) is 33.0. The van der Waals surface area contributed by atoms with Gasteiger partial charge >= 0.3 is 39.5 Å². The number of phosphoric acid groups is 2. The highest BCUT2D eigenvalue weighted by molar-refractivity contribution is 7.47. The van der Waals surface area contributed by atoms with Gasteiger partial charge in [0.2, 0.25) is 0 Å². The molecule has 19 heteroatoms. The first kappa shape index (κ1) is 100. The van der Waals surface area contributed by atoms with Crippen LogP contribution in [0.5, 0.6) is 0 Å². The predicted octanol–water partition coefficient (Wildman–Crippen LogP) is 25.2. The first-order chi connectivity index (χ1) is 49.6. The van der Waals surface area contributed by atoms with E-state index in [2.05, 4.69) is 34.6 Å². The Balaban J connectivity index is 5.14. The summed E-state index contributed by atoms with van der Waals surface area (Å²) in [5.41, 5.74) is 0. The fourth-order valence-electron chi connectivity index (χ4n) is 12.9. The lowest BCUT2D eigenvalue weighted by atomic mass is 9.99. The number of carbonyl (C=O) groups excluding carboxylic acids is 4. The largest absolute Gasteiger partial charge is 0.472 e. The number of hydrogen-bond donors (Lipinski definition) is 3. The zero-order chi connectivity index (χ0) is 74.8. The van der Waals surface area contributed by atoms with Crippen molar-refractivity contribution in [2.45, 2.75) is 464 Å². The Morgan fingerprint density at radius 3 is 0.696 bits per heavy atom. The van der Waals surface area contributed by atoms with Gasteiger partial charge in [-0.3, -0.25) is 37.3 Å². The monoisotopic (exact) mass is 1490 g/mol. The first-order valence-electron chi connectivity index (χ1n) is 43.2. The van der Waals surface area contributed by atoms with E-state index in [4.69, 9.17) is 37.0 Å². The van der Waals surface area contributed by atoms with Gasteiger partial charge in [0.15, 0.2) is 12.2 Å². The molecule has 102 heavy (non-hydrogen) atoms. The molecule has 0 aromatic heterocycles. The standard InChI is InChI=1S/C83H162O17P2/c1-6-10-13-16-19-21-23-25-26-27-28-29-30-34-37-40-44-47-52-57-62-67-81(86)94-73-79(100-83(88)69-64-59-54-49-45-41-38-35-32-31-33-36-39-42-46-51-55-60-65-76(5)9-4)75-98-102(91,92)96-71-77(84)70-95-101(89,90)97-74-78(72-93-80(85)66-61-56-50-18-15-12-8-3)99-82(87)68-63-58-53-48-43-24-22-20-17-14-11-7-2/h76-79,84H,6-75H2,1-5H3,(H,89,90)(H,91,92)/t76?,77-,78+,79+/m0/s1. The quantitative estimate of drug-likeness (QED) is 0.0222. The summed E-state index contributed by atoms with van der Waals surface area (Å²) in [6.07, 6.45) is 68.3. The van der Waals surface area contributed by atoms with Crippen molar-refractivity contribution in [3.05, 3.63) is 0 Å². The van der Waals surface area contributed by atoms with E-state index in [1.807, 2.05) is 0 Å². The molecule has 3 N–H and O–H groups in total. The molecule has 0 rings (SSSR count). The van der Waals surface area contributed by atoms with E-state index in [9.17, 15) is 43.2 Å². The van der Waals surface area contributed by atoms with Gasteiger partial charge in [0, 0.05) is 25.7 Å². The number of carbonyl (C=O) groups is 4. The van der Waals surface area contributed by atoms with Gasteiger partial charge in [-0.1, -0.05) is 394 Å². The molecule has 0 aliphatic rings. The highest BCUT2D eigenvalue weighted by Crippen LogP contribution is 2.45. The van der Waals surface area contributed by atoms with Crippen LogP contribution in [-0.2, 0) is 65.4 Å². The Bertz CT molecular complexity index is 1950. The van der Waals surface area contributed by atoms with E-state index in [1.54, 1.807) is 0 Å². The van der Waals surface area contributed by atoms with Crippen molar-refractivity contribution < 1.29 is 80.2 Å². The van der Waals surface area contributed by atoms with Gasteiger partial charge in [-0.15, -0.1) is 0 Å². The summed E-state index contributed by atoms with van der Waals surface area (Å²) in [5, 5.41) is 10.6. The topological polar surface area (TPSA) is 237 Å². The molecule has 0 spiro atoms. The fraction of sp³-hybridized carbons (Fsp3) is 0.952. The molecule has 0 aliphatic heterocycles. The number of ether oxygens (including phenoxy) is 4. The average molecular weight is 1490 g/mol. The zero-order valence-electron chi connectivity index (χ0n) is 66.8. The van der Waals surface area contributed by atoms with Crippen molar-refractivity contribution in [3.8, 4) is 0 Å². The van der Waals surface area contributed by atoms with E-state index in [-0.39, 0.29) is 25.7 Å². The summed E-state index contributed by atoms with van der Waals surface area (Å²) in [4.78, 5) is 72.9. The molecule has 0 amide bonds. The number of aliphatic hydroxyl groups excluding tert-OH is 1. The lowest BCUT2D eigenvalue weighted by molar-refractivity contribution is -0.161. The van der Waals surface area contributed by atoms with Crippen LogP contribution in [0.3, 0.4) is 0 Å². The van der Waals surface area contributed by atoms with Gasteiger partial charge in [-0.25, -0.2) is 9.13 Å². The fourth-order valence-corrected chi connectivity index (χ4v) is 14.5. The third-order valence-electron chi connectivity index (χ3n) is 19.9. The van der Waals surface area contributed by atoms with Crippen LogP contribution in [0.4, 0.5) is 0 Å². The molecule has 0 bridgehead atoms. The Hall–Kier alpha value is -1.94. The van der Waals surface area contributed by atoms with Crippen molar-refractivity contribution in [3.63, 3.8) is 0 Å². The maximum absolute atomic E-state index is 13.1. The van der Waals surface area contributed by atoms with Crippen LogP contribution < -0.4 is 0 Å². The van der Waals surface area contributed by atoms with E-state index < -0.39 is 97.5 Å². The number of aliphatic hydroxyl groups is 1. The second-order valence-electron chi connectivity index (χ2n) is 30.1. The van der Waals surface area contributed by atoms with Crippen molar-refractivity contribution in [2.24, 2.45) is 5.92 Å². The third kappa shape index (κ3) is 74.9. The molecule has 0 aromatic carbocycles. The van der Waals surface area contributed by atoms with Gasteiger partial charge in [0.25, 0.3) is 0 Å². The Morgan fingerprint density at radius 1 is 0.275 bits per heavy atom. The third-order valence-corrected chi connectivity index (χ3v) is 21.8. The Labute approximate surface area is 626 Å². The summed E-state index contributed by atoms with van der Waals surface area (Å²) < 4.78 is 68.6.